The molecule has 1 aromatic rings. The molecule has 0 aliphatic heterocycles. The van der Waals surface area contributed by atoms with E-state index >= 15 is 0 Å². The molecule has 17 heavy (non-hydrogen) atoms. The highest BCUT2D eigenvalue weighted by molar-refractivity contribution is 5.70. The van der Waals surface area contributed by atoms with Crippen LogP contribution in [0.25, 0.3) is 0 Å². The Morgan fingerprint density at radius 2 is 2.12 bits per heavy atom. The smallest absolute Gasteiger partial charge is 0.308 e. The van der Waals surface area contributed by atoms with E-state index in [1.807, 2.05) is 13.0 Å². The number of carboxylic acids is 1. The molecule has 0 aromatic heterocycles. The van der Waals surface area contributed by atoms with Gasteiger partial charge in [0.2, 0.25) is 0 Å². The molecule has 0 fully saturated rings. The van der Waals surface area contributed by atoms with Gasteiger partial charge < -0.3 is 10.4 Å². The summed E-state index contributed by atoms with van der Waals surface area (Å²) in [5, 5.41) is 20.7. The van der Waals surface area contributed by atoms with E-state index in [0.29, 0.717) is 18.5 Å². The maximum Gasteiger partial charge on any atom is 0.308 e. The third kappa shape index (κ3) is 4.15. The molecule has 0 saturated heterocycles. The average molecular weight is 232 g/mol. The normalized spacial score (nSPS) is 11.5. The fourth-order valence-corrected chi connectivity index (χ4v) is 1.56. The molecule has 0 aliphatic rings. The van der Waals surface area contributed by atoms with Crippen LogP contribution in [0.1, 0.15) is 25.3 Å². The van der Waals surface area contributed by atoms with Crippen LogP contribution in [0.15, 0.2) is 24.3 Å². The van der Waals surface area contributed by atoms with Crippen molar-refractivity contribution in [1.82, 2.24) is 0 Å². The SMILES string of the molecule is CCCC(CNc1ccc(C#N)cc1)C(=O)O. The second kappa shape index (κ2) is 6.54. The second-order valence-corrected chi connectivity index (χ2v) is 3.89. The van der Waals surface area contributed by atoms with E-state index in [2.05, 4.69) is 5.32 Å². The molecule has 4 nitrogen and oxygen atoms in total. The predicted molar refractivity (Wildman–Crippen MR) is 65.7 cm³/mol. The standard InChI is InChI=1S/C13H16N2O2/c1-2-3-11(13(16)17)9-15-12-6-4-10(8-14)5-7-12/h4-7,11,15H,2-3,9H2,1H3,(H,16,17). The number of nitrogens with zero attached hydrogens (tertiary/aromatic N) is 1. The summed E-state index contributed by atoms with van der Waals surface area (Å²) < 4.78 is 0. The Balaban J connectivity index is 2.53. The Labute approximate surface area is 101 Å². The first-order chi connectivity index (χ1) is 8.17. The minimum absolute atomic E-state index is 0.365. The highest BCUT2D eigenvalue weighted by Crippen LogP contribution is 2.12. The summed E-state index contributed by atoms with van der Waals surface area (Å²) in [6.07, 6.45) is 1.52. The number of nitriles is 1. The van der Waals surface area contributed by atoms with E-state index < -0.39 is 5.97 Å². The fourth-order valence-electron chi connectivity index (χ4n) is 1.56. The number of aliphatic carboxylic acids is 1. The monoisotopic (exact) mass is 232 g/mol. The molecule has 1 atom stereocenters. The van der Waals surface area contributed by atoms with E-state index in [-0.39, 0.29) is 5.92 Å². The van der Waals surface area contributed by atoms with Gasteiger partial charge in [0.25, 0.3) is 0 Å². The van der Waals surface area contributed by atoms with Crippen LogP contribution in [-0.2, 0) is 4.79 Å². The quantitative estimate of drug-likeness (QED) is 0.790. The van der Waals surface area contributed by atoms with Crippen molar-refractivity contribution in [3.63, 3.8) is 0 Å². The number of carbonyl (C=O) groups is 1. The zero-order valence-corrected chi connectivity index (χ0v) is 9.81. The van der Waals surface area contributed by atoms with Gasteiger partial charge in [-0.3, -0.25) is 4.79 Å². The highest BCUT2D eigenvalue weighted by Gasteiger charge is 2.15. The van der Waals surface area contributed by atoms with Gasteiger partial charge in [-0.25, -0.2) is 0 Å². The molecule has 4 heteroatoms. The first kappa shape index (κ1) is 13.0. The van der Waals surface area contributed by atoms with E-state index in [4.69, 9.17) is 10.4 Å². The van der Waals surface area contributed by atoms with Crippen molar-refractivity contribution >= 4 is 11.7 Å². The summed E-state index contributed by atoms with van der Waals surface area (Å²) in [7, 11) is 0. The van der Waals surface area contributed by atoms with Gasteiger partial charge in [0.1, 0.15) is 0 Å². The maximum absolute atomic E-state index is 10.9. The highest BCUT2D eigenvalue weighted by atomic mass is 16.4. The molecule has 90 valence electrons. The van der Waals surface area contributed by atoms with Crippen molar-refractivity contribution in [3.05, 3.63) is 29.8 Å². The molecule has 0 spiro atoms. The Bertz CT molecular complexity index is 406. The first-order valence-electron chi connectivity index (χ1n) is 5.64. The minimum atomic E-state index is -0.770. The second-order valence-electron chi connectivity index (χ2n) is 3.89. The van der Waals surface area contributed by atoms with Gasteiger partial charge in [-0.05, 0) is 30.7 Å². The summed E-state index contributed by atoms with van der Waals surface area (Å²) in [5.74, 6) is -1.14. The average Bonchev–Trinajstić information content (AvgIpc) is 2.34. The van der Waals surface area contributed by atoms with Crippen molar-refractivity contribution < 1.29 is 9.90 Å². The molecule has 0 aliphatic carbocycles. The van der Waals surface area contributed by atoms with E-state index in [1.165, 1.54) is 0 Å². The number of anilines is 1. The molecule has 0 heterocycles. The van der Waals surface area contributed by atoms with Crippen molar-refractivity contribution in [2.45, 2.75) is 19.8 Å². The van der Waals surface area contributed by atoms with Gasteiger partial charge in [-0.1, -0.05) is 13.3 Å². The largest absolute Gasteiger partial charge is 0.481 e. The molecule has 0 amide bonds. The maximum atomic E-state index is 10.9. The van der Waals surface area contributed by atoms with Gasteiger partial charge in [0.05, 0.1) is 17.6 Å². The summed E-state index contributed by atoms with van der Waals surface area (Å²) in [6, 6.07) is 9.01. The third-order valence-electron chi connectivity index (χ3n) is 2.55. The van der Waals surface area contributed by atoms with Crippen LogP contribution in [0.5, 0.6) is 0 Å². The van der Waals surface area contributed by atoms with Gasteiger partial charge in [-0.15, -0.1) is 0 Å². The Morgan fingerprint density at radius 1 is 1.47 bits per heavy atom. The molecule has 0 radical (unpaired) electrons. The Kier molecular flexibility index (Phi) is 5.02. The van der Waals surface area contributed by atoms with Gasteiger partial charge in [0, 0.05) is 12.2 Å². The lowest BCUT2D eigenvalue weighted by Gasteiger charge is -2.13. The Hall–Kier alpha value is -2.02. The van der Waals surface area contributed by atoms with E-state index in [1.54, 1.807) is 24.3 Å². The summed E-state index contributed by atoms with van der Waals surface area (Å²) in [6.45, 7) is 2.38. The molecule has 1 aromatic carbocycles. The van der Waals surface area contributed by atoms with E-state index in [9.17, 15) is 4.79 Å². The van der Waals surface area contributed by atoms with Crippen LogP contribution in [0.3, 0.4) is 0 Å². The topological polar surface area (TPSA) is 73.1 Å². The summed E-state index contributed by atoms with van der Waals surface area (Å²) in [4.78, 5) is 10.9. The van der Waals surface area contributed by atoms with Crippen LogP contribution in [-0.4, -0.2) is 17.6 Å². The van der Waals surface area contributed by atoms with Crippen molar-refractivity contribution in [2.75, 3.05) is 11.9 Å². The van der Waals surface area contributed by atoms with Crippen LogP contribution < -0.4 is 5.32 Å². The molecule has 0 bridgehead atoms. The van der Waals surface area contributed by atoms with Crippen LogP contribution in [0.2, 0.25) is 0 Å². The molecular formula is C13H16N2O2. The predicted octanol–water partition coefficient (Wildman–Crippen LogP) is 2.47. The summed E-state index contributed by atoms with van der Waals surface area (Å²) >= 11 is 0. The number of nitrogens with one attached hydrogen (secondary N) is 1. The van der Waals surface area contributed by atoms with Crippen LogP contribution >= 0.6 is 0 Å². The minimum Gasteiger partial charge on any atom is -0.481 e. The summed E-state index contributed by atoms with van der Waals surface area (Å²) in [5.41, 5.74) is 1.44. The number of benzene rings is 1. The number of rotatable bonds is 6. The fraction of sp³-hybridized carbons (Fsp3) is 0.385. The Morgan fingerprint density at radius 3 is 2.59 bits per heavy atom. The lowest BCUT2D eigenvalue weighted by molar-refractivity contribution is -0.141. The van der Waals surface area contributed by atoms with Crippen molar-refractivity contribution in [3.8, 4) is 6.07 Å². The van der Waals surface area contributed by atoms with Crippen molar-refractivity contribution in [1.29, 1.82) is 5.26 Å². The molecule has 0 saturated carbocycles. The molecule has 1 unspecified atom stereocenters. The first-order valence-corrected chi connectivity index (χ1v) is 5.64. The van der Waals surface area contributed by atoms with Gasteiger partial charge in [-0.2, -0.15) is 5.26 Å². The molecule has 1 rings (SSSR count). The van der Waals surface area contributed by atoms with Crippen molar-refractivity contribution in [2.24, 2.45) is 5.92 Å². The van der Waals surface area contributed by atoms with Gasteiger partial charge in [0.15, 0.2) is 0 Å². The van der Waals surface area contributed by atoms with Crippen LogP contribution in [0, 0.1) is 17.2 Å². The lowest BCUT2D eigenvalue weighted by atomic mass is 10.0. The zero-order chi connectivity index (χ0) is 12.7. The third-order valence-corrected chi connectivity index (χ3v) is 2.55. The molecule has 2 N–H and O–H groups in total. The lowest BCUT2D eigenvalue weighted by Crippen LogP contribution is -2.22. The zero-order valence-electron chi connectivity index (χ0n) is 9.81. The van der Waals surface area contributed by atoms with Gasteiger partial charge >= 0.3 is 5.97 Å². The van der Waals surface area contributed by atoms with E-state index in [0.717, 1.165) is 12.1 Å². The number of hydrogen-bond donors (Lipinski definition) is 2. The number of carboxylic acid groups (broad SMARTS) is 1. The molecular weight excluding hydrogens is 216 g/mol. The number of hydrogen-bond acceptors (Lipinski definition) is 3. The van der Waals surface area contributed by atoms with Crippen LogP contribution in [0.4, 0.5) is 5.69 Å².